The molecule has 0 bridgehead atoms. The van der Waals surface area contributed by atoms with Gasteiger partial charge < -0.3 is 10.4 Å². The average molecular weight is 236 g/mol. The summed E-state index contributed by atoms with van der Waals surface area (Å²) in [4.78, 5) is 0. The number of benzene rings is 1. The molecular formula is C13H17FN2O. The van der Waals surface area contributed by atoms with Crippen LogP contribution >= 0.6 is 0 Å². The third-order valence-electron chi connectivity index (χ3n) is 2.60. The van der Waals surface area contributed by atoms with Crippen molar-refractivity contribution >= 4 is 0 Å². The maximum absolute atomic E-state index is 13.0. The number of hydrogen-bond acceptors (Lipinski definition) is 3. The number of aliphatic hydroxyl groups excluding tert-OH is 1. The van der Waals surface area contributed by atoms with Gasteiger partial charge in [0.05, 0.1) is 11.7 Å². The smallest absolute Gasteiger partial charge is 0.140 e. The van der Waals surface area contributed by atoms with Crippen LogP contribution in [0.4, 0.5) is 4.39 Å². The lowest BCUT2D eigenvalue weighted by Gasteiger charge is -2.15. The minimum atomic E-state index is -0.501. The van der Waals surface area contributed by atoms with E-state index in [2.05, 4.69) is 5.32 Å². The topological polar surface area (TPSA) is 56.0 Å². The number of aliphatic hydroxyl groups is 1. The molecule has 1 aromatic carbocycles. The zero-order valence-corrected chi connectivity index (χ0v) is 10.1. The molecule has 0 fully saturated rings. The minimum absolute atomic E-state index is 0.0497. The lowest BCUT2D eigenvalue weighted by atomic mass is 10.1. The van der Waals surface area contributed by atoms with Gasteiger partial charge in [-0.05, 0) is 23.6 Å². The Morgan fingerprint density at radius 1 is 1.47 bits per heavy atom. The Morgan fingerprint density at radius 3 is 2.76 bits per heavy atom. The Bertz CT molecular complexity index is 412. The van der Waals surface area contributed by atoms with Crippen LogP contribution in [0.5, 0.6) is 0 Å². The van der Waals surface area contributed by atoms with Gasteiger partial charge in [0.25, 0.3) is 0 Å². The van der Waals surface area contributed by atoms with Gasteiger partial charge in [0.1, 0.15) is 11.9 Å². The molecule has 92 valence electrons. The van der Waals surface area contributed by atoms with Gasteiger partial charge in [0.15, 0.2) is 0 Å². The van der Waals surface area contributed by atoms with Gasteiger partial charge in [0.2, 0.25) is 0 Å². The molecule has 0 aliphatic heterocycles. The van der Waals surface area contributed by atoms with E-state index in [1.165, 1.54) is 12.1 Å². The van der Waals surface area contributed by atoms with E-state index in [0.29, 0.717) is 13.1 Å². The van der Waals surface area contributed by atoms with Gasteiger partial charge in [-0.15, -0.1) is 0 Å². The summed E-state index contributed by atoms with van der Waals surface area (Å²) < 4.78 is 13.0. The number of hydrogen-bond donors (Lipinski definition) is 2. The standard InChI is InChI=1S/C13H17FN2O/c1-9(2)13(17)8-16-7-10-3-4-12(14)11(5-10)6-15/h3-5,9,13,16-17H,7-8H2,1-2H3. The summed E-state index contributed by atoms with van der Waals surface area (Å²) in [6.07, 6.45) is -0.397. The molecule has 0 amide bonds. The first kappa shape index (κ1) is 13.6. The summed E-state index contributed by atoms with van der Waals surface area (Å²) in [5.74, 6) is -0.302. The molecule has 0 aliphatic carbocycles. The summed E-state index contributed by atoms with van der Waals surface area (Å²) >= 11 is 0. The molecule has 0 aliphatic rings. The van der Waals surface area contributed by atoms with Crippen molar-refractivity contribution in [3.8, 4) is 6.07 Å². The fraction of sp³-hybridized carbons (Fsp3) is 0.462. The molecule has 2 N–H and O–H groups in total. The van der Waals surface area contributed by atoms with Crippen LogP contribution in [0.3, 0.4) is 0 Å². The monoisotopic (exact) mass is 236 g/mol. The van der Waals surface area contributed by atoms with E-state index in [-0.39, 0.29) is 11.5 Å². The van der Waals surface area contributed by atoms with Crippen LogP contribution in [0.15, 0.2) is 18.2 Å². The molecule has 0 aromatic heterocycles. The number of nitriles is 1. The Balaban J connectivity index is 2.51. The van der Waals surface area contributed by atoms with Crippen molar-refractivity contribution in [2.24, 2.45) is 5.92 Å². The second-order valence-electron chi connectivity index (χ2n) is 4.37. The van der Waals surface area contributed by atoms with Crippen molar-refractivity contribution in [1.82, 2.24) is 5.32 Å². The quantitative estimate of drug-likeness (QED) is 0.819. The van der Waals surface area contributed by atoms with E-state index >= 15 is 0 Å². The fourth-order valence-corrected chi connectivity index (χ4v) is 1.37. The third kappa shape index (κ3) is 4.14. The lowest BCUT2D eigenvalue weighted by molar-refractivity contribution is 0.123. The predicted octanol–water partition coefficient (Wildman–Crippen LogP) is 1.80. The van der Waals surface area contributed by atoms with Gasteiger partial charge in [-0.2, -0.15) is 5.26 Å². The largest absolute Gasteiger partial charge is 0.392 e. The second kappa shape index (κ2) is 6.33. The highest BCUT2D eigenvalue weighted by Crippen LogP contribution is 2.09. The maximum Gasteiger partial charge on any atom is 0.140 e. The summed E-state index contributed by atoms with van der Waals surface area (Å²) in [6, 6.07) is 6.23. The van der Waals surface area contributed by atoms with E-state index in [0.717, 1.165) is 5.56 Å². The lowest BCUT2D eigenvalue weighted by Crippen LogP contribution is -2.30. The van der Waals surface area contributed by atoms with Gasteiger partial charge in [-0.25, -0.2) is 4.39 Å². The number of halogens is 1. The van der Waals surface area contributed by atoms with Crippen LogP contribution in [0.1, 0.15) is 25.0 Å². The van der Waals surface area contributed by atoms with Crippen LogP contribution in [-0.2, 0) is 6.54 Å². The summed E-state index contributed by atoms with van der Waals surface area (Å²) in [6.45, 7) is 4.88. The van der Waals surface area contributed by atoms with E-state index in [1.807, 2.05) is 13.8 Å². The van der Waals surface area contributed by atoms with Gasteiger partial charge in [-0.3, -0.25) is 0 Å². The highest BCUT2D eigenvalue weighted by atomic mass is 19.1. The molecule has 0 saturated carbocycles. The van der Waals surface area contributed by atoms with E-state index in [9.17, 15) is 9.50 Å². The van der Waals surface area contributed by atoms with Crippen LogP contribution in [-0.4, -0.2) is 17.8 Å². The zero-order chi connectivity index (χ0) is 12.8. The first-order chi connectivity index (χ1) is 8.04. The van der Waals surface area contributed by atoms with Crippen molar-refractivity contribution in [3.05, 3.63) is 35.1 Å². The van der Waals surface area contributed by atoms with Crippen LogP contribution < -0.4 is 5.32 Å². The Morgan fingerprint density at radius 2 is 2.18 bits per heavy atom. The van der Waals surface area contributed by atoms with Crippen molar-refractivity contribution in [2.75, 3.05) is 6.54 Å². The predicted molar refractivity (Wildman–Crippen MR) is 63.7 cm³/mol. The first-order valence-electron chi connectivity index (χ1n) is 5.62. The molecule has 17 heavy (non-hydrogen) atoms. The second-order valence-corrected chi connectivity index (χ2v) is 4.37. The van der Waals surface area contributed by atoms with Gasteiger partial charge in [-0.1, -0.05) is 19.9 Å². The maximum atomic E-state index is 13.0. The molecule has 1 rings (SSSR count). The van der Waals surface area contributed by atoms with Crippen molar-refractivity contribution in [2.45, 2.75) is 26.5 Å². The number of nitrogens with one attached hydrogen (secondary N) is 1. The summed E-state index contributed by atoms with van der Waals surface area (Å²) in [7, 11) is 0. The first-order valence-corrected chi connectivity index (χ1v) is 5.62. The van der Waals surface area contributed by atoms with Crippen molar-refractivity contribution in [3.63, 3.8) is 0 Å². The minimum Gasteiger partial charge on any atom is -0.392 e. The van der Waals surface area contributed by atoms with Crippen LogP contribution in [0.25, 0.3) is 0 Å². The Hall–Kier alpha value is -1.44. The molecule has 1 aromatic rings. The Labute approximate surface area is 101 Å². The molecule has 4 heteroatoms. The van der Waals surface area contributed by atoms with E-state index in [4.69, 9.17) is 5.26 Å². The normalized spacial score (nSPS) is 12.5. The SMILES string of the molecule is CC(C)C(O)CNCc1ccc(F)c(C#N)c1. The van der Waals surface area contributed by atoms with E-state index < -0.39 is 11.9 Å². The molecule has 0 saturated heterocycles. The molecule has 1 unspecified atom stereocenters. The summed E-state index contributed by atoms with van der Waals surface area (Å²) in [5, 5.41) is 21.3. The van der Waals surface area contributed by atoms with Crippen molar-refractivity contribution < 1.29 is 9.50 Å². The molecule has 3 nitrogen and oxygen atoms in total. The van der Waals surface area contributed by atoms with Gasteiger partial charge >= 0.3 is 0 Å². The fourth-order valence-electron chi connectivity index (χ4n) is 1.37. The zero-order valence-electron chi connectivity index (χ0n) is 10.1. The molecule has 0 heterocycles. The summed E-state index contributed by atoms with van der Waals surface area (Å²) in [5.41, 5.74) is 0.882. The highest BCUT2D eigenvalue weighted by molar-refractivity contribution is 5.34. The number of rotatable bonds is 5. The van der Waals surface area contributed by atoms with Crippen LogP contribution in [0.2, 0.25) is 0 Å². The Kier molecular flexibility index (Phi) is 5.08. The molecular weight excluding hydrogens is 219 g/mol. The van der Waals surface area contributed by atoms with Crippen LogP contribution in [0, 0.1) is 23.1 Å². The van der Waals surface area contributed by atoms with Gasteiger partial charge in [0, 0.05) is 13.1 Å². The number of nitrogens with zero attached hydrogens (tertiary/aromatic N) is 1. The molecule has 0 spiro atoms. The molecule has 1 atom stereocenters. The third-order valence-corrected chi connectivity index (χ3v) is 2.60. The average Bonchev–Trinajstić information content (AvgIpc) is 2.31. The van der Waals surface area contributed by atoms with Crippen molar-refractivity contribution in [1.29, 1.82) is 5.26 Å². The van der Waals surface area contributed by atoms with E-state index in [1.54, 1.807) is 12.1 Å². The molecule has 0 radical (unpaired) electrons. The highest BCUT2D eigenvalue weighted by Gasteiger charge is 2.08.